The zero-order valence-electron chi connectivity index (χ0n) is 11.4. The lowest BCUT2D eigenvalue weighted by atomic mass is 9.84. The standard InChI is InChI=1S/C12H25N3O2/c1-12(2,7-8-13)6-5-11(17)15(4)9-10(16)14-3/h5-9,13H2,1-4H3,(H,14,16). The van der Waals surface area contributed by atoms with Crippen molar-refractivity contribution in [2.24, 2.45) is 11.1 Å². The van der Waals surface area contributed by atoms with Crippen LogP contribution in [0.25, 0.3) is 0 Å². The molecule has 0 aliphatic carbocycles. The van der Waals surface area contributed by atoms with E-state index in [1.54, 1.807) is 14.1 Å². The van der Waals surface area contributed by atoms with Gasteiger partial charge in [0, 0.05) is 20.5 Å². The van der Waals surface area contributed by atoms with Crippen molar-refractivity contribution in [2.75, 3.05) is 27.2 Å². The third-order valence-electron chi connectivity index (χ3n) is 2.92. The fourth-order valence-corrected chi connectivity index (χ4v) is 1.53. The van der Waals surface area contributed by atoms with Crippen molar-refractivity contribution < 1.29 is 9.59 Å². The molecule has 0 fully saturated rings. The second kappa shape index (κ2) is 7.27. The highest BCUT2D eigenvalue weighted by atomic mass is 16.2. The average molecular weight is 243 g/mol. The summed E-state index contributed by atoms with van der Waals surface area (Å²) in [6.45, 7) is 4.96. The molecule has 100 valence electrons. The molecule has 0 aromatic carbocycles. The molecule has 2 amide bonds. The predicted octanol–water partition coefficient (Wildman–Crippen LogP) is 0.346. The Hall–Kier alpha value is -1.10. The molecule has 0 heterocycles. The maximum Gasteiger partial charge on any atom is 0.239 e. The predicted molar refractivity (Wildman–Crippen MR) is 68.4 cm³/mol. The molecule has 3 N–H and O–H groups in total. The summed E-state index contributed by atoms with van der Waals surface area (Å²) in [6, 6.07) is 0. The van der Waals surface area contributed by atoms with Crippen molar-refractivity contribution in [2.45, 2.75) is 33.1 Å². The van der Waals surface area contributed by atoms with E-state index in [0.717, 1.165) is 12.8 Å². The molecule has 0 atom stereocenters. The van der Waals surface area contributed by atoms with Crippen LogP contribution < -0.4 is 11.1 Å². The number of likely N-dealkylation sites (N-methyl/N-ethyl adjacent to an activating group) is 2. The highest BCUT2D eigenvalue weighted by molar-refractivity contribution is 5.84. The molecule has 0 bridgehead atoms. The van der Waals surface area contributed by atoms with Crippen LogP contribution in [0.5, 0.6) is 0 Å². The Morgan fingerprint density at radius 1 is 1.29 bits per heavy atom. The van der Waals surface area contributed by atoms with Gasteiger partial charge in [-0.1, -0.05) is 13.8 Å². The fourth-order valence-electron chi connectivity index (χ4n) is 1.53. The third kappa shape index (κ3) is 6.94. The monoisotopic (exact) mass is 243 g/mol. The van der Waals surface area contributed by atoms with Gasteiger partial charge in [0.2, 0.25) is 11.8 Å². The Bertz CT molecular complexity index is 264. The van der Waals surface area contributed by atoms with Gasteiger partial charge in [0.1, 0.15) is 0 Å². The molecule has 0 saturated carbocycles. The molecule has 0 aliphatic rings. The zero-order chi connectivity index (χ0) is 13.5. The van der Waals surface area contributed by atoms with Gasteiger partial charge in [0.25, 0.3) is 0 Å². The lowest BCUT2D eigenvalue weighted by Crippen LogP contribution is -2.37. The van der Waals surface area contributed by atoms with Gasteiger partial charge in [-0.25, -0.2) is 0 Å². The van der Waals surface area contributed by atoms with E-state index in [1.807, 2.05) is 0 Å². The average Bonchev–Trinajstić information content (AvgIpc) is 2.25. The molecule has 0 saturated heterocycles. The number of amides is 2. The first-order valence-electron chi connectivity index (χ1n) is 5.97. The van der Waals surface area contributed by atoms with E-state index in [-0.39, 0.29) is 23.8 Å². The second-order valence-corrected chi connectivity index (χ2v) is 5.13. The van der Waals surface area contributed by atoms with Crippen LogP contribution >= 0.6 is 0 Å². The number of rotatable bonds is 7. The number of carbonyl (C=O) groups is 2. The molecule has 17 heavy (non-hydrogen) atoms. The van der Waals surface area contributed by atoms with Crippen LogP contribution in [0.15, 0.2) is 0 Å². The Morgan fingerprint density at radius 2 is 1.88 bits per heavy atom. The molecular formula is C12H25N3O2. The largest absolute Gasteiger partial charge is 0.358 e. The number of carbonyl (C=O) groups excluding carboxylic acids is 2. The lowest BCUT2D eigenvalue weighted by Gasteiger charge is -2.24. The van der Waals surface area contributed by atoms with Crippen LogP contribution in [-0.2, 0) is 9.59 Å². The van der Waals surface area contributed by atoms with E-state index in [1.165, 1.54) is 4.90 Å². The first-order chi connectivity index (χ1) is 7.82. The minimum absolute atomic E-state index is 0.00121. The topological polar surface area (TPSA) is 75.4 Å². The number of nitrogens with zero attached hydrogens (tertiary/aromatic N) is 1. The lowest BCUT2D eigenvalue weighted by molar-refractivity contribution is -0.135. The summed E-state index contributed by atoms with van der Waals surface area (Å²) in [5, 5.41) is 2.49. The van der Waals surface area contributed by atoms with Crippen molar-refractivity contribution in [3.05, 3.63) is 0 Å². The van der Waals surface area contributed by atoms with Crippen LogP contribution in [0, 0.1) is 5.41 Å². The van der Waals surface area contributed by atoms with Gasteiger partial charge < -0.3 is 16.0 Å². The van der Waals surface area contributed by atoms with Gasteiger partial charge in [-0.2, -0.15) is 0 Å². The summed E-state index contributed by atoms with van der Waals surface area (Å²) < 4.78 is 0. The number of nitrogens with two attached hydrogens (primary N) is 1. The first-order valence-corrected chi connectivity index (χ1v) is 5.97. The number of hydrogen-bond acceptors (Lipinski definition) is 3. The smallest absolute Gasteiger partial charge is 0.239 e. The normalized spacial score (nSPS) is 11.1. The molecule has 0 spiro atoms. The van der Waals surface area contributed by atoms with Crippen LogP contribution in [0.3, 0.4) is 0 Å². The van der Waals surface area contributed by atoms with Gasteiger partial charge in [-0.05, 0) is 24.8 Å². The van der Waals surface area contributed by atoms with Crippen molar-refractivity contribution in [1.82, 2.24) is 10.2 Å². The van der Waals surface area contributed by atoms with E-state index in [0.29, 0.717) is 13.0 Å². The van der Waals surface area contributed by atoms with Crippen LogP contribution in [-0.4, -0.2) is 43.9 Å². The highest BCUT2D eigenvalue weighted by Gasteiger charge is 2.20. The molecule has 0 aliphatic heterocycles. The number of hydrogen-bond donors (Lipinski definition) is 2. The Labute approximate surface area is 104 Å². The van der Waals surface area contributed by atoms with Crippen molar-refractivity contribution >= 4 is 11.8 Å². The Kier molecular flexibility index (Phi) is 6.80. The molecule has 0 unspecified atom stereocenters. The Morgan fingerprint density at radius 3 is 2.35 bits per heavy atom. The van der Waals surface area contributed by atoms with E-state index >= 15 is 0 Å². The molecular weight excluding hydrogens is 218 g/mol. The fraction of sp³-hybridized carbons (Fsp3) is 0.833. The number of nitrogens with one attached hydrogen (secondary N) is 1. The van der Waals surface area contributed by atoms with E-state index in [2.05, 4.69) is 19.2 Å². The van der Waals surface area contributed by atoms with Crippen molar-refractivity contribution in [1.29, 1.82) is 0 Å². The third-order valence-corrected chi connectivity index (χ3v) is 2.92. The van der Waals surface area contributed by atoms with Crippen LogP contribution in [0.1, 0.15) is 33.1 Å². The van der Waals surface area contributed by atoms with E-state index in [9.17, 15) is 9.59 Å². The van der Waals surface area contributed by atoms with Gasteiger partial charge >= 0.3 is 0 Å². The van der Waals surface area contributed by atoms with Crippen LogP contribution in [0.2, 0.25) is 0 Å². The molecule has 0 aromatic rings. The Balaban J connectivity index is 4.05. The van der Waals surface area contributed by atoms with Crippen molar-refractivity contribution in [3.8, 4) is 0 Å². The summed E-state index contributed by atoms with van der Waals surface area (Å²) in [5.74, 6) is -0.152. The SMILES string of the molecule is CNC(=O)CN(C)C(=O)CCC(C)(C)CCN. The summed E-state index contributed by atoms with van der Waals surface area (Å²) in [4.78, 5) is 24.3. The van der Waals surface area contributed by atoms with E-state index < -0.39 is 0 Å². The molecule has 5 nitrogen and oxygen atoms in total. The van der Waals surface area contributed by atoms with Gasteiger partial charge in [0.05, 0.1) is 6.54 Å². The molecule has 0 radical (unpaired) electrons. The highest BCUT2D eigenvalue weighted by Crippen LogP contribution is 2.26. The maximum atomic E-state index is 11.8. The minimum Gasteiger partial charge on any atom is -0.358 e. The van der Waals surface area contributed by atoms with Gasteiger partial charge in [-0.15, -0.1) is 0 Å². The summed E-state index contributed by atoms with van der Waals surface area (Å²) >= 11 is 0. The summed E-state index contributed by atoms with van der Waals surface area (Å²) in [6.07, 6.45) is 2.15. The quantitative estimate of drug-likeness (QED) is 0.677. The van der Waals surface area contributed by atoms with Gasteiger partial charge in [-0.3, -0.25) is 9.59 Å². The summed E-state index contributed by atoms with van der Waals surface area (Å²) in [5.41, 5.74) is 5.60. The first kappa shape index (κ1) is 15.9. The zero-order valence-corrected chi connectivity index (χ0v) is 11.4. The molecule has 0 rings (SSSR count). The maximum absolute atomic E-state index is 11.8. The summed E-state index contributed by atoms with van der Waals surface area (Å²) in [7, 11) is 3.21. The minimum atomic E-state index is -0.151. The van der Waals surface area contributed by atoms with Crippen molar-refractivity contribution in [3.63, 3.8) is 0 Å². The van der Waals surface area contributed by atoms with E-state index in [4.69, 9.17) is 5.73 Å². The second-order valence-electron chi connectivity index (χ2n) is 5.13. The molecule has 0 aromatic heterocycles. The molecule has 5 heteroatoms. The van der Waals surface area contributed by atoms with Crippen LogP contribution in [0.4, 0.5) is 0 Å². The van der Waals surface area contributed by atoms with Gasteiger partial charge in [0.15, 0.2) is 0 Å².